The Kier molecular flexibility index (Phi) is 3.91. The Hall–Kier alpha value is -1.09. The Labute approximate surface area is 110 Å². The van der Waals surface area contributed by atoms with Crippen molar-refractivity contribution < 1.29 is 5.11 Å². The Bertz CT molecular complexity index is 393. The molecule has 2 rings (SSSR count). The van der Waals surface area contributed by atoms with E-state index >= 15 is 0 Å². The molecule has 0 radical (unpaired) electrons. The second kappa shape index (κ2) is 5.27. The summed E-state index contributed by atoms with van der Waals surface area (Å²) in [5.74, 6) is 0. The number of nitrogens with zero attached hydrogens (tertiary/aromatic N) is 2. The average Bonchev–Trinajstić information content (AvgIpc) is 2.38. The highest BCUT2D eigenvalue weighted by Crippen LogP contribution is 2.37. The van der Waals surface area contributed by atoms with E-state index in [1.165, 1.54) is 31.4 Å². The van der Waals surface area contributed by atoms with Gasteiger partial charge in [0.1, 0.15) is 0 Å². The molecule has 1 aliphatic carbocycles. The van der Waals surface area contributed by atoms with Crippen molar-refractivity contribution in [2.75, 3.05) is 11.9 Å². The first-order chi connectivity index (χ1) is 8.52. The summed E-state index contributed by atoms with van der Waals surface area (Å²) in [5.41, 5.74) is 2.42. The summed E-state index contributed by atoms with van der Waals surface area (Å²) in [5, 5.41) is 9.14. The molecule has 0 atom stereocenters. The van der Waals surface area contributed by atoms with Gasteiger partial charge in [-0.2, -0.15) is 0 Å². The maximum atomic E-state index is 9.14. The minimum absolute atomic E-state index is 0.0133. The molecule has 100 valence electrons. The Balaban J connectivity index is 2.05. The summed E-state index contributed by atoms with van der Waals surface area (Å²) in [6.07, 6.45) is 6.87. The third-order valence-corrected chi connectivity index (χ3v) is 4.23. The number of rotatable bonds is 3. The second-order valence-corrected chi connectivity index (χ2v) is 6.17. The number of hydrogen-bond donors (Lipinski definition) is 1. The zero-order valence-corrected chi connectivity index (χ0v) is 11.7. The van der Waals surface area contributed by atoms with E-state index in [1.54, 1.807) is 6.20 Å². The number of aromatic nitrogens is 1. The molecule has 18 heavy (non-hydrogen) atoms. The van der Waals surface area contributed by atoms with Crippen LogP contribution in [0.4, 0.5) is 5.69 Å². The third-order valence-electron chi connectivity index (χ3n) is 4.23. The van der Waals surface area contributed by atoms with E-state index in [0.717, 1.165) is 5.69 Å². The van der Waals surface area contributed by atoms with Crippen molar-refractivity contribution >= 4 is 5.69 Å². The number of anilines is 1. The molecular formula is C15H24N2O. The van der Waals surface area contributed by atoms with Crippen LogP contribution in [0.1, 0.15) is 45.2 Å². The molecule has 0 unspecified atom stereocenters. The number of aliphatic hydroxyl groups excluding tert-OH is 1. The highest BCUT2D eigenvalue weighted by Gasteiger charge is 2.28. The summed E-state index contributed by atoms with van der Waals surface area (Å²) in [6.45, 7) is 4.73. The minimum Gasteiger partial charge on any atom is -0.390 e. The first-order valence-corrected chi connectivity index (χ1v) is 6.80. The lowest BCUT2D eigenvalue weighted by Gasteiger charge is -2.39. The average molecular weight is 248 g/mol. The molecule has 0 spiro atoms. The van der Waals surface area contributed by atoms with E-state index in [2.05, 4.69) is 30.8 Å². The monoisotopic (exact) mass is 248 g/mol. The molecule has 1 fully saturated rings. The maximum absolute atomic E-state index is 9.14. The first kappa shape index (κ1) is 13.3. The lowest BCUT2D eigenvalue weighted by atomic mass is 9.75. The second-order valence-electron chi connectivity index (χ2n) is 6.17. The summed E-state index contributed by atoms with van der Waals surface area (Å²) >= 11 is 0. The van der Waals surface area contributed by atoms with Gasteiger partial charge in [-0.25, -0.2) is 0 Å². The van der Waals surface area contributed by atoms with E-state index in [-0.39, 0.29) is 6.61 Å². The molecule has 1 heterocycles. The molecule has 0 bridgehead atoms. The minimum atomic E-state index is 0.0133. The van der Waals surface area contributed by atoms with Crippen molar-refractivity contribution in [3.05, 3.63) is 24.0 Å². The van der Waals surface area contributed by atoms with Gasteiger partial charge in [0.25, 0.3) is 0 Å². The first-order valence-electron chi connectivity index (χ1n) is 6.80. The van der Waals surface area contributed by atoms with E-state index in [0.29, 0.717) is 11.5 Å². The molecule has 3 nitrogen and oxygen atoms in total. The quantitative estimate of drug-likeness (QED) is 0.893. The summed E-state index contributed by atoms with van der Waals surface area (Å²) in [4.78, 5) is 6.48. The van der Waals surface area contributed by atoms with Gasteiger partial charge in [0.2, 0.25) is 0 Å². The van der Waals surface area contributed by atoms with Crippen molar-refractivity contribution in [3.8, 4) is 0 Å². The smallest absolute Gasteiger partial charge is 0.0853 e. The Morgan fingerprint density at radius 3 is 2.67 bits per heavy atom. The highest BCUT2D eigenvalue weighted by atomic mass is 16.3. The molecule has 0 aromatic carbocycles. The van der Waals surface area contributed by atoms with E-state index in [1.807, 2.05) is 12.1 Å². The van der Waals surface area contributed by atoms with E-state index < -0.39 is 0 Å². The van der Waals surface area contributed by atoms with Gasteiger partial charge >= 0.3 is 0 Å². The van der Waals surface area contributed by atoms with Crippen LogP contribution < -0.4 is 4.90 Å². The molecule has 1 saturated carbocycles. The summed E-state index contributed by atoms with van der Waals surface area (Å²) in [7, 11) is 2.15. The van der Waals surface area contributed by atoms with Gasteiger partial charge in [-0.05, 0) is 43.2 Å². The van der Waals surface area contributed by atoms with Crippen LogP contribution in [0.25, 0.3) is 0 Å². The Morgan fingerprint density at radius 2 is 2.06 bits per heavy atom. The number of pyridine rings is 1. The topological polar surface area (TPSA) is 36.4 Å². The maximum Gasteiger partial charge on any atom is 0.0853 e. The zero-order chi connectivity index (χ0) is 13.2. The van der Waals surface area contributed by atoms with Crippen molar-refractivity contribution in [3.63, 3.8) is 0 Å². The van der Waals surface area contributed by atoms with Crippen LogP contribution in [0.5, 0.6) is 0 Å². The molecule has 0 saturated heterocycles. The number of hydrogen-bond acceptors (Lipinski definition) is 3. The molecule has 0 amide bonds. The van der Waals surface area contributed by atoms with Crippen molar-refractivity contribution in [2.45, 2.75) is 52.2 Å². The standard InChI is InChI=1S/C15H24N2O/c1-15(2)7-4-13(5-8-15)17(3)14-6-9-16-12(10-14)11-18/h6,9-10,13,18H,4-5,7-8,11H2,1-3H3. The lowest BCUT2D eigenvalue weighted by molar-refractivity contribution is 0.222. The van der Waals surface area contributed by atoms with Gasteiger partial charge in [-0.3, -0.25) is 4.98 Å². The van der Waals surface area contributed by atoms with Gasteiger partial charge in [0.05, 0.1) is 12.3 Å². The molecule has 0 aliphatic heterocycles. The van der Waals surface area contributed by atoms with Crippen LogP contribution in [-0.4, -0.2) is 23.2 Å². The molecule has 1 aliphatic rings. The zero-order valence-electron chi connectivity index (χ0n) is 11.7. The summed E-state index contributed by atoms with van der Waals surface area (Å²) in [6, 6.07) is 4.63. The van der Waals surface area contributed by atoms with Crippen LogP contribution >= 0.6 is 0 Å². The van der Waals surface area contributed by atoms with Crippen molar-refractivity contribution in [1.29, 1.82) is 0 Å². The van der Waals surface area contributed by atoms with Crippen molar-refractivity contribution in [2.24, 2.45) is 5.41 Å². The van der Waals surface area contributed by atoms with Gasteiger partial charge in [-0.1, -0.05) is 13.8 Å². The molecule has 1 N–H and O–H groups in total. The fourth-order valence-electron chi connectivity index (χ4n) is 2.75. The van der Waals surface area contributed by atoms with Crippen LogP contribution in [0.15, 0.2) is 18.3 Å². The Morgan fingerprint density at radius 1 is 1.39 bits per heavy atom. The molecule has 1 aromatic rings. The molecule has 1 aromatic heterocycles. The number of aliphatic hydroxyl groups is 1. The van der Waals surface area contributed by atoms with Crippen LogP contribution in [0.3, 0.4) is 0 Å². The van der Waals surface area contributed by atoms with Gasteiger partial charge in [0.15, 0.2) is 0 Å². The van der Waals surface area contributed by atoms with Crippen LogP contribution in [-0.2, 0) is 6.61 Å². The van der Waals surface area contributed by atoms with Crippen LogP contribution in [0, 0.1) is 5.41 Å². The molecule has 3 heteroatoms. The molecular weight excluding hydrogens is 224 g/mol. The fraction of sp³-hybridized carbons (Fsp3) is 0.667. The van der Waals surface area contributed by atoms with Crippen molar-refractivity contribution in [1.82, 2.24) is 4.98 Å². The largest absolute Gasteiger partial charge is 0.390 e. The fourth-order valence-corrected chi connectivity index (χ4v) is 2.75. The lowest BCUT2D eigenvalue weighted by Crippen LogP contribution is -2.37. The van der Waals surface area contributed by atoms with E-state index in [4.69, 9.17) is 5.11 Å². The highest BCUT2D eigenvalue weighted by molar-refractivity contribution is 5.46. The predicted octanol–water partition coefficient (Wildman–Crippen LogP) is 2.98. The SMILES string of the molecule is CN(c1ccnc(CO)c1)C1CCC(C)(C)CC1. The van der Waals surface area contributed by atoms with Gasteiger partial charge < -0.3 is 10.0 Å². The van der Waals surface area contributed by atoms with Gasteiger partial charge in [-0.15, -0.1) is 0 Å². The predicted molar refractivity (Wildman–Crippen MR) is 74.6 cm³/mol. The van der Waals surface area contributed by atoms with Gasteiger partial charge in [0, 0.05) is 25.0 Å². The normalized spacial score (nSPS) is 19.8. The third kappa shape index (κ3) is 3.02. The van der Waals surface area contributed by atoms with Crippen LogP contribution in [0.2, 0.25) is 0 Å². The van der Waals surface area contributed by atoms with E-state index in [9.17, 15) is 0 Å². The summed E-state index contributed by atoms with van der Waals surface area (Å²) < 4.78 is 0.